The smallest absolute Gasteiger partial charge is 0.229 e. The molecule has 0 radical (unpaired) electrons. The van der Waals surface area contributed by atoms with Gasteiger partial charge in [0.15, 0.2) is 0 Å². The first kappa shape index (κ1) is 18.5. The van der Waals surface area contributed by atoms with E-state index >= 15 is 0 Å². The van der Waals surface area contributed by atoms with Gasteiger partial charge in [0.25, 0.3) is 0 Å². The predicted molar refractivity (Wildman–Crippen MR) is 117 cm³/mol. The van der Waals surface area contributed by atoms with E-state index in [0.29, 0.717) is 18.4 Å². The minimum atomic E-state index is 0.548. The van der Waals surface area contributed by atoms with Gasteiger partial charge in [0.2, 0.25) is 5.95 Å². The third-order valence-electron chi connectivity index (χ3n) is 4.42. The van der Waals surface area contributed by atoms with E-state index in [2.05, 4.69) is 20.6 Å². The standard InChI is InChI=1S/C24H22N4O/c1-18-7-5-6-10-22(18)27-24-25-16-15-23(28-24)26-20-11-13-21(14-12-20)29-17-19-8-3-2-4-9-19/h2-16H,17H2,1H3,(H2,25,26,27,28). The molecular formula is C24H22N4O. The molecule has 0 atom stereocenters. The molecule has 144 valence electrons. The molecule has 0 amide bonds. The Morgan fingerprint density at radius 1 is 0.793 bits per heavy atom. The maximum Gasteiger partial charge on any atom is 0.229 e. The topological polar surface area (TPSA) is 59.1 Å². The van der Waals surface area contributed by atoms with E-state index in [0.717, 1.165) is 28.3 Å². The van der Waals surface area contributed by atoms with Gasteiger partial charge >= 0.3 is 0 Å². The first-order valence-electron chi connectivity index (χ1n) is 9.46. The van der Waals surface area contributed by atoms with Crippen LogP contribution in [0.2, 0.25) is 0 Å². The van der Waals surface area contributed by atoms with Crippen molar-refractivity contribution in [2.75, 3.05) is 10.6 Å². The Morgan fingerprint density at radius 2 is 1.55 bits per heavy atom. The molecule has 1 heterocycles. The lowest BCUT2D eigenvalue weighted by Crippen LogP contribution is -2.01. The van der Waals surface area contributed by atoms with Gasteiger partial charge < -0.3 is 15.4 Å². The molecule has 0 aliphatic carbocycles. The van der Waals surface area contributed by atoms with E-state index in [1.54, 1.807) is 6.20 Å². The van der Waals surface area contributed by atoms with Gasteiger partial charge in [0.1, 0.15) is 18.2 Å². The highest BCUT2D eigenvalue weighted by Gasteiger charge is 2.03. The fourth-order valence-corrected chi connectivity index (χ4v) is 2.85. The maximum atomic E-state index is 5.83. The maximum absolute atomic E-state index is 5.83. The summed E-state index contributed by atoms with van der Waals surface area (Å²) in [4.78, 5) is 8.84. The Kier molecular flexibility index (Phi) is 5.67. The highest BCUT2D eigenvalue weighted by atomic mass is 16.5. The largest absolute Gasteiger partial charge is 0.489 e. The minimum Gasteiger partial charge on any atom is -0.489 e. The van der Waals surface area contributed by atoms with Gasteiger partial charge in [-0.25, -0.2) is 4.98 Å². The van der Waals surface area contributed by atoms with E-state index in [1.807, 2.05) is 91.9 Å². The second-order valence-electron chi connectivity index (χ2n) is 6.63. The fraction of sp³-hybridized carbons (Fsp3) is 0.0833. The molecule has 0 aliphatic rings. The Morgan fingerprint density at radius 3 is 2.34 bits per heavy atom. The molecule has 0 bridgehead atoms. The van der Waals surface area contributed by atoms with Crippen molar-refractivity contribution in [3.63, 3.8) is 0 Å². The van der Waals surface area contributed by atoms with Crippen molar-refractivity contribution in [3.05, 3.63) is 102 Å². The average Bonchev–Trinajstić information content (AvgIpc) is 2.76. The molecule has 0 aliphatic heterocycles. The van der Waals surface area contributed by atoms with Crippen molar-refractivity contribution in [2.24, 2.45) is 0 Å². The molecule has 0 saturated heterocycles. The van der Waals surface area contributed by atoms with Crippen LogP contribution < -0.4 is 15.4 Å². The second kappa shape index (κ2) is 8.89. The minimum absolute atomic E-state index is 0.548. The number of anilines is 4. The van der Waals surface area contributed by atoms with Crippen molar-refractivity contribution in [1.29, 1.82) is 0 Å². The highest BCUT2D eigenvalue weighted by Crippen LogP contribution is 2.22. The molecule has 0 saturated carbocycles. The summed E-state index contributed by atoms with van der Waals surface area (Å²) in [6.45, 7) is 2.60. The number of hydrogen-bond donors (Lipinski definition) is 2. The summed E-state index contributed by atoms with van der Waals surface area (Å²) in [6, 6.07) is 27.8. The first-order valence-corrected chi connectivity index (χ1v) is 9.46. The van der Waals surface area contributed by atoms with Gasteiger partial charge in [-0.1, -0.05) is 48.5 Å². The number of para-hydroxylation sites is 1. The van der Waals surface area contributed by atoms with Crippen LogP contribution in [0, 0.1) is 6.92 Å². The van der Waals surface area contributed by atoms with Crippen LogP contribution >= 0.6 is 0 Å². The number of rotatable bonds is 7. The molecule has 0 unspecified atom stereocenters. The van der Waals surface area contributed by atoms with Crippen molar-refractivity contribution < 1.29 is 4.74 Å². The Bertz CT molecular complexity index is 1070. The Labute approximate surface area is 170 Å². The van der Waals surface area contributed by atoms with Crippen LogP contribution in [0.15, 0.2) is 91.1 Å². The summed E-state index contributed by atoms with van der Waals surface area (Å²) in [5.74, 6) is 2.09. The lowest BCUT2D eigenvalue weighted by atomic mass is 10.2. The zero-order chi connectivity index (χ0) is 19.9. The van der Waals surface area contributed by atoms with E-state index in [1.165, 1.54) is 0 Å². The van der Waals surface area contributed by atoms with Crippen molar-refractivity contribution in [1.82, 2.24) is 9.97 Å². The van der Waals surface area contributed by atoms with E-state index in [4.69, 9.17) is 4.74 Å². The lowest BCUT2D eigenvalue weighted by molar-refractivity contribution is 0.306. The van der Waals surface area contributed by atoms with Crippen molar-refractivity contribution >= 4 is 23.1 Å². The van der Waals surface area contributed by atoms with E-state index in [-0.39, 0.29) is 0 Å². The molecule has 29 heavy (non-hydrogen) atoms. The van der Waals surface area contributed by atoms with Crippen molar-refractivity contribution in [3.8, 4) is 5.75 Å². The summed E-state index contributed by atoms with van der Waals surface area (Å²) in [6.07, 6.45) is 1.73. The van der Waals surface area contributed by atoms with Crippen LogP contribution in [-0.2, 0) is 6.61 Å². The number of aromatic nitrogens is 2. The zero-order valence-corrected chi connectivity index (χ0v) is 16.2. The molecule has 1 aromatic heterocycles. The molecule has 0 fully saturated rings. The number of benzene rings is 3. The van der Waals surface area contributed by atoms with Gasteiger partial charge in [-0.3, -0.25) is 0 Å². The quantitative estimate of drug-likeness (QED) is 0.420. The summed E-state index contributed by atoms with van der Waals surface area (Å²) >= 11 is 0. The molecule has 2 N–H and O–H groups in total. The highest BCUT2D eigenvalue weighted by molar-refractivity contribution is 5.61. The lowest BCUT2D eigenvalue weighted by Gasteiger charge is -2.11. The first-order chi connectivity index (χ1) is 14.3. The molecule has 5 heteroatoms. The normalized spacial score (nSPS) is 10.4. The van der Waals surface area contributed by atoms with Gasteiger partial charge in [-0.15, -0.1) is 0 Å². The molecule has 5 nitrogen and oxygen atoms in total. The van der Waals surface area contributed by atoms with Gasteiger partial charge in [0.05, 0.1) is 0 Å². The Hall–Kier alpha value is -3.86. The molecular weight excluding hydrogens is 360 g/mol. The summed E-state index contributed by atoms with van der Waals surface area (Å²) in [7, 11) is 0. The van der Waals surface area contributed by atoms with Gasteiger partial charge in [0, 0.05) is 17.6 Å². The number of nitrogens with zero attached hydrogens (tertiary/aromatic N) is 2. The second-order valence-corrected chi connectivity index (χ2v) is 6.63. The average molecular weight is 382 g/mol. The third kappa shape index (κ3) is 5.11. The molecule has 0 spiro atoms. The van der Waals surface area contributed by atoms with Crippen LogP contribution in [0.3, 0.4) is 0 Å². The van der Waals surface area contributed by atoms with Crippen molar-refractivity contribution in [2.45, 2.75) is 13.5 Å². The number of nitrogens with one attached hydrogen (secondary N) is 2. The van der Waals surface area contributed by atoms with Crippen LogP contribution in [0.1, 0.15) is 11.1 Å². The van der Waals surface area contributed by atoms with Gasteiger partial charge in [-0.2, -0.15) is 4.98 Å². The van der Waals surface area contributed by atoms with E-state index < -0.39 is 0 Å². The van der Waals surface area contributed by atoms with Crippen LogP contribution in [0.5, 0.6) is 5.75 Å². The van der Waals surface area contributed by atoms with E-state index in [9.17, 15) is 0 Å². The Balaban J connectivity index is 1.38. The number of aryl methyl sites for hydroxylation is 1. The zero-order valence-electron chi connectivity index (χ0n) is 16.2. The SMILES string of the molecule is Cc1ccccc1Nc1nccc(Nc2ccc(OCc3ccccc3)cc2)n1. The summed E-state index contributed by atoms with van der Waals surface area (Å²) in [5, 5.41) is 6.56. The van der Waals surface area contributed by atoms with Crippen LogP contribution in [0.4, 0.5) is 23.1 Å². The summed E-state index contributed by atoms with van der Waals surface area (Å²) in [5.41, 5.74) is 4.20. The number of ether oxygens (including phenoxy) is 1. The fourth-order valence-electron chi connectivity index (χ4n) is 2.85. The van der Waals surface area contributed by atoms with Gasteiger partial charge in [-0.05, 0) is 54.4 Å². The van der Waals surface area contributed by atoms with Crippen LogP contribution in [-0.4, -0.2) is 9.97 Å². The molecule has 4 rings (SSSR count). The number of hydrogen-bond acceptors (Lipinski definition) is 5. The molecule has 4 aromatic rings. The molecule has 3 aromatic carbocycles. The summed E-state index contributed by atoms with van der Waals surface area (Å²) < 4.78 is 5.83. The van der Waals surface area contributed by atoms with Crippen LogP contribution in [0.25, 0.3) is 0 Å². The monoisotopic (exact) mass is 382 g/mol. The third-order valence-corrected chi connectivity index (χ3v) is 4.42. The predicted octanol–water partition coefficient (Wildman–Crippen LogP) is 5.85.